The Kier molecular flexibility index (Phi) is 7.70. The topological polar surface area (TPSA) is 71.7 Å². The third-order valence-corrected chi connectivity index (χ3v) is 4.08. The van der Waals surface area contributed by atoms with Gasteiger partial charge in [0.05, 0.1) is 13.3 Å². The highest BCUT2D eigenvalue weighted by molar-refractivity contribution is 5.79. The summed E-state index contributed by atoms with van der Waals surface area (Å²) in [5.41, 5.74) is 1.23. The summed E-state index contributed by atoms with van der Waals surface area (Å²) in [5, 5.41) is 6.62. The van der Waals surface area contributed by atoms with Crippen LogP contribution in [0.3, 0.4) is 0 Å². The first-order chi connectivity index (χ1) is 12.9. The van der Waals surface area contributed by atoms with Gasteiger partial charge in [-0.3, -0.25) is 0 Å². The second kappa shape index (κ2) is 10.00. The molecule has 6 nitrogen and oxygen atoms in total. The van der Waals surface area contributed by atoms with E-state index < -0.39 is 0 Å². The number of oxazole rings is 1. The molecule has 2 N–H and O–H groups in total. The summed E-state index contributed by atoms with van der Waals surface area (Å²) in [6, 6.07) is 8.19. The lowest BCUT2D eigenvalue weighted by Crippen LogP contribution is -2.37. The summed E-state index contributed by atoms with van der Waals surface area (Å²) in [6.45, 7) is 10.4. The minimum Gasteiger partial charge on any atom is -0.497 e. The molecule has 0 fully saturated rings. The highest BCUT2D eigenvalue weighted by Crippen LogP contribution is 2.22. The third kappa shape index (κ3) is 6.96. The van der Waals surface area contributed by atoms with E-state index in [1.807, 2.05) is 12.1 Å². The van der Waals surface area contributed by atoms with E-state index in [1.54, 1.807) is 13.3 Å². The molecule has 1 aromatic carbocycles. The van der Waals surface area contributed by atoms with Crippen molar-refractivity contribution in [3.63, 3.8) is 0 Å². The lowest BCUT2D eigenvalue weighted by Gasteiger charge is -2.13. The number of hydrogen-bond donors (Lipinski definition) is 2. The molecule has 2 rings (SSSR count). The zero-order valence-corrected chi connectivity index (χ0v) is 17.1. The molecule has 0 saturated carbocycles. The maximum Gasteiger partial charge on any atom is 0.216 e. The van der Waals surface area contributed by atoms with E-state index in [0.717, 1.165) is 43.4 Å². The second-order valence-corrected chi connectivity index (χ2v) is 7.45. The van der Waals surface area contributed by atoms with Gasteiger partial charge < -0.3 is 19.8 Å². The molecule has 0 aliphatic rings. The normalized spacial score (nSPS) is 12.1. The fourth-order valence-electron chi connectivity index (χ4n) is 2.55. The van der Waals surface area contributed by atoms with Gasteiger partial charge in [-0.25, -0.2) is 9.98 Å². The van der Waals surface area contributed by atoms with Crippen LogP contribution in [-0.2, 0) is 18.4 Å². The number of rotatable bonds is 8. The molecule has 148 valence electrons. The minimum atomic E-state index is -0.0438. The fraction of sp³-hybridized carbons (Fsp3) is 0.524. The lowest BCUT2D eigenvalue weighted by molar-refractivity contribution is 0.383. The molecule has 1 heterocycles. The van der Waals surface area contributed by atoms with Crippen molar-refractivity contribution in [2.75, 3.05) is 20.2 Å². The predicted octanol–water partition coefficient (Wildman–Crippen LogP) is 3.67. The van der Waals surface area contributed by atoms with Crippen molar-refractivity contribution in [3.05, 3.63) is 47.7 Å². The van der Waals surface area contributed by atoms with E-state index in [1.165, 1.54) is 5.56 Å². The summed E-state index contributed by atoms with van der Waals surface area (Å²) in [7, 11) is 1.69. The van der Waals surface area contributed by atoms with Crippen molar-refractivity contribution >= 4 is 5.96 Å². The molecule has 0 bridgehead atoms. The Morgan fingerprint density at radius 2 is 2.07 bits per heavy atom. The van der Waals surface area contributed by atoms with Gasteiger partial charge in [0.25, 0.3) is 0 Å². The smallest absolute Gasteiger partial charge is 0.216 e. The second-order valence-electron chi connectivity index (χ2n) is 7.45. The Hall–Kier alpha value is -2.50. The molecule has 0 radical (unpaired) electrons. The van der Waals surface area contributed by atoms with Gasteiger partial charge in [0.1, 0.15) is 18.1 Å². The van der Waals surface area contributed by atoms with Crippen LogP contribution in [0.2, 0.25) is 0 Å². The first-order valence-corrected chi connectivity index (χ1v) is 9.52. The van der Waals surface area contributed by atoms with Crippen molar-refractivity contribution in [1.82, 2.24) is 15.6 Å². The van der Waals surface area contributed by atoms with Gasteiger partial charge in [0, 0.05) is 18.5 Å². The number of benzene rings is 1. The molecule has 0 aliphatic heterocycles. The van der Waals surface area contributed by atoms with Crippen LogP contribution in [0.25, 0.3) is 0 Å². The van der Waals surface area contributed by atoms with Gasteiger partial charge in [-0.05, 0) is 37.5 Å². The molecule has 6 heteroatoms. The average Bonchev–Trinajstić information content (AvgIpc) is 3.13. The number of aryl methyl sites for hydroxylation is 1. The van der Waals surface area contributed by atoms with Gasteiger partial charge in [-0.1, -0.05) is 32.9 Å². The molecule has 2 aromatic rings. The van der Waals surface area contributed by atoms with Crippen molar-refractivity contribution < 1.29 is 9.15 Å². The number of nitrogens with one attached hydrogen (secondary N) is 2. The Morgan fingerprint density at radius 3 is 2.74 bits per heavy atom. The quantitative estimate of drug-likeness (QED) is 0.420. The number of ether oxygens (including phenoxy) is 1. The number of hydrogen-bond acceptors (Lipinski definition) is 4. The number of aromatic nitrogens is 1. The van der Waals surface area contributed by atoms with E-state index in [2.05, 4.69) is 60.4 Å². The summed E-state index contributed by atoms with van der Waals surface area (Å²) in [6.07, 6.45) is 3.78. The van der Waals surface area contributed by atoms with Crippen LogP contribution >= 0.6 is 0 Å². The number of nitrogens with zero attached hydrogens (tertiary/aromatic N) is 2. The van der Waals surface area contributed by atoms with E-state index in [-0.39, 0.29) is 5.41 Å². The highest BCUT2D eigenvalue weighted by atomic mass is 16.5. The third-order valence-electron chi connectivity index (χ3n) is 4.08. The van der Waals surface area contributed by atoms with Crippen LogP contribution in [0, 0.1) is 0 Å². The van der Waals surface area contributed by atoms with Gasteiger partial charge in [-0.2, -0.15) is 0 Å². The number of methoxy groups -OCH3 is 1. The largest absolute Gasteiger partial charge is 0.497 e. The molecule has 27 heavy (non-hydrogen) atoms. The molecule has 0 saturated heterocycles. The fourth-order valence-corrected chi connectivity index (χ4v) is 2.55. The number of aliphatic imine (C=N–C) groups is 1. The maximum absolute atomic E-state index is 5.80. The van der Waals surface area contributed by atoms with E-state index >= 15 is 0 Å². The van der Waals surface area contributed by atoms with Gasteiger partial charge in [-0.15, -0.1) is 0 Å². The summed E-state index contributed by atoms with van der Waals surface area (Å²) in [4.78, 5) is 8.90. The van der Waals surface area contributed by atoms with Gasteiger partial charge in [0.15, 0.2) is 5.96 Å². The summed E-state index contributed by atoms with van der Waals surface area (Å²) < 4.78 is 11.1. The van der Waals surface area contributed by atoms with E-state index in [0.29, 0.717) is 12.4 Å². The zero-order valence-electron chi connectivity index (χ0n) is 17.1. The standard InChI is InChI=1S/C21H32N4O2/c1-6-22-20(25-15-19-24-14-18(27-19)21(2,3)4)23-12-8-10-16-9-7-11-17(13-16)26-5/h7,9,11,13-14H,6,8,10,12,15H2,1-5H3,(H2,22,23,25). The van der Waals surface area contributed by atoms with Crippen molar-refractivity contribution in [1.29, 1.82) is 0 Å². The Balaban J connectivity index is 1.83. The Labute approximate surface area is 162 Å². The molecular formula is C21H32N4O2. The Morgan fingerprint density at radius 1 is 1.26 bits per heavy atom. The highest BCUT2D eigenvalue weighted by Gasteiger charge is 2.18. The number of guanidine groups is 1. The molecule has 0 aliphatic carbocycles. The molecule has 0 unspecified atom stereocenters. The molecule has 0 spiro atoms. The Bertz CT molecular complexity index is 732. The summed E-state index contributed by atoms with van der Waals surface area (Å²) in [5.74, 6) is 3.19. The van der Waals surface area contributed by atoms with Gasteiger partial charge >= 0.3 is 0 Å². The monoisotopic (exact) mass is 372 g/mol. The average molecular weight is 373 g/mol. The van der Waals surface area contributed by atoms with Crippen molar-refractivity contribution in [2.24, 2.45) is 4.99 Å². The molecule has 1 aromatic heterocycles. The zero-order chi connectivity index (χ0) is 19.7. The van der Waals surface area contributed by atoms with E-state index in [4.69, 9.17) is 9.15 Å². The van der Waals surface area contributed by atoms with Crippen LogP contribution in [0.15, 0.2) is 39.9 Å². The first kappa shape index (κ1) is 20.8. The minimum absolute atomic E-state index is 0.0438. The van der Waals surface area contributed by atoms with Crippen LogP contribution in [0.5, 0.6) is 5.75 Å². The van der Waals surface area contributed by atoms with Crippen LogP contribution < -0.4 is 15.4 Å². The lowest BCUT2D eigenvalue weighted by atomic mass is 9.94. The van der Waals surface area contributed by atoms with Crippen LogP contribution in [0.1, 0.15) is 51.3 Å². The maximum atomic E-state index is 5.80. The summed E-state index contributed by atoms with van der Waals surface area (Å²) >= 11 is 0. The van der Waals surface area contributed by atoms with Crippen molar-refractivity contribution in [2.45, 2.75) is 52.5 Å². The van der Waals surface area contributed by atoms with Crippen LogP contribution in [-0.4, -0.2) is 31.1 Å². The predicted molar refractivity (Wildman–Crippen MR) is 109 cm³/mol. The molecule has 0 atom stereocenters. The molecule has 0 amide bonds. The molecular weight excluding hydrogens is 340 g/mol. The first-order valence-electron chi connectivity index (χ1n) is 9.52. The van der Waals surface area contributed by atoms with Crippen LogP contribution in [0.4, 0.5) is 0 Å². The van der Waals surface area contributed by atoms with E-state index in [9.17, 15) is 0 Å². The van der Waals surface area contributed by atoms with Gasteiger partial charge in [0.2, 0.25) is 5.89 Å². The van der Waals surface area contributed by atoms with Crippen molar-refractivity contribution in [3.8, 4) is 5.75 Å². The SMILES string of the molecule is CCNC(=NCc1ncc(C(C)(C)C)o1)NCCCc1cccc(OC)c1.